The van der Waals surface area contributed by atoms with E-state index in [-0.39, 0.29) is 0 Å². The lowest BCUT2D eigenvalue weighted by Gasteiger charge is -2.11. The normalized spacial score (nSPS) is 10.8. The highest BCUT2D eigenvalue weighted by atomic mass is 16.5. The first kappa shape index (κ1) is 15.8. The highest BCUT2D eigenvalue weighted by molar-refractivity contribution is 5.78. The first-order chi connectivity index (χ1) is 12.8. The largest absolute Gasteiger partial charge is 0.497 e. The second-order valence-corrected chi connectivity index (χ2v) is 5.65. The number of nitrogen functional groups attached to an aromatic ring is 1. The van der Waals surface area contributed by atoms with E-state index >= 15 is 0 Å². The molecule has 0 fully saturated rings. The standard InChI is InChI=1S/C18H17N7O/c1-26-13-8-6-12(7-9-13)10-20-17-16(19)18(22-11-21-17)25-15-5-3-2-4-14(15)23-24-25/h2-9,11H,10,19H2,1H3,(H,20,21,22). The molecule has 4 aromatic rings. The molecule has 0 aliphatic carbocycles. The van der Waals surface area contributed by atoms with Crippen LogP contribution in [0.1, 0.15) is 5.56 Å². The van der Waals surface area contributed by atoms with Crippen LogP contribution < -0.4 is 15.8 Å². The van der Waals surface area contributed by atoms with Gasteiger partial charge in [-0.2, -0.15) is 4.68 Å². The van der Waals surface area contributed by atoms with Gasteiger partial charge in [-0.3, -0.25) is 0 Å². The van der Waals surface area contributed by atoms with Gasteiger partial charge in [0.25, 0.3) is 0 Å². The van der Waals surface area contributed by atoms with E-state index < -0.39 is 0 Å². The Hall–Kier alpha value is -3.68. The summed E-state index contributed by atoms with van der Waals surface area (Å²) >= 11 is 0. The molecule has 8 nitrogen and oxygen atoms in total. The number of para-hydroxylation sites is 1. The molecule has 0 aliphatic heterocycles. The smallest absolute Gasteiger partial charge is 0.184 e. The van der Waals surface area contributed by atoms with E-state index in [4.69, 9.17) is 10.5 Å². The summed E-state index contributed by atoms with van der Waals surface area (Å²) in [5.74, 6) is 1.85. The van der Waals surface area contributed by atoms with Crippen LogP contribution in [0.3, 0.4) is 0 Å². The molecule has 0 spiro atoms. The Morgan fingerprint density at radius 1 is 1.08 bits per heavy atom. The molecule has 0 atom stereocenters. The van der Waals surface area contributed by atoms with Gasteiger partial charge in [0.2, 0.25) is 0 Å². The molecule has 0 radical (unpaired) electrons. The van der Waals surface area contributed by atoms with Gasteiger partial charge < -0.3 is 15.8 Å². The summed E-state index contributed by atoms with van der Waals surface area (Å²) in [6, 6.07) is 15.4. The number of nitrogens with one attached hydrogen (secondary N) is 1. The Morgan fingerprint density at radius 3 is 2.69 bits per heavy atom. The van der Waals surface area contributed by atoms with Gasteiger partial charge >= 0.3 is 0 Å². The Bertz CT molecular complexity index is 1040. The predicted octanol–water partition coefficient (Wildman–Crippen LogP) is 2.41. The number of hydrogen-bond donors (Lipinski definition) is 2. The van der Waals surface area contributed by atoms with Crippen molar-refractivity contribution in [2.24, 2.45) is 0 Å². The van der Waals surface area contributed by atoms with Gasteiger partial charge in [-0.15, -0.1) is 5.10 Å². The van der Waals surface area contributed by atoms with Gasteiger partial charge in [-0.05, 0) is 29.8 Å². The Morgan fingerprint density at radius 2 is 1.88 bits per heavy atom. The lowest BCUT2D eigenvalue weighted by Crippen LogP contribution is -2.10. The Balaban J connectivity index is 1.61. The van der Waals surface area contributed by atoms with E-state index in [2.05, 4.69) is 25.6 Å². The van der Waals surface area contributed by atoms with Crippen molar-refractivity contribution in [1.82, 2.24) is 25.0 Å². The van der Waals surface area contributed by atoms with Gasteiger partial charge in [-0.25, -0.2) is 9.97 Å². The number of methoxy groups -OCH3 is 1. The molecule has 2 aromatic carbocycles. The van der Waals surface area contributed by atoms with Crippen LogP contribution in [0.15, 0.2) is 54.9 Å². The third kappa shape index (κ3) is 2.88. The summed E-state index contributed by atoms with van der Waals surface area (Å²) in [4.78, 5) is 8.52. The minimum Gasteiger partial charge on any atom is -0.497 e. The summed E-state index contributed by atoms with van der Waals surface area (Å²) < 4.78 is 6.78. The first-order valence-corrected chi connectivity index (χ1v) is 8.04. The minimum atomic E-state index is 0.414. The number of nitrogens with two attached hydrogens (primary N) is 1. The third-order valence-electron chi connectivity index (χ3n) is 4.03. The average molecular weight is 347 g/mol. The summed E-state index contributed by atoms with van der Waals surface area (Å²) in [6.45, 7) is 0.572. The zero-order chi connectivity index (χ0) is 17.9. The molecule has 0 unspecified atom stereocenters. The van der Waals surface area contributed by atoms with Crippen LogP contribution in [0.5, 0.6) is 5.75 Å². The van der Waals surface area contributed by atoms with Gasteiger partial charge in [0.1, 0.15) is 23.3 Å². The maximum absolute atomic E-state index is 6.28. The molecule has 0 amide bonds. The molecule has 4 rings (SSSR count). The molecule has 3 N–H and O–H groups in total. The summed E-state index contributed by atoms with van der Waals surface area (Å²) in [7, 11) is 1.64. The van der Waals surface area contributed by atoms with Gasteiger partial charge in [0.15, 0.2) is 11.6 Å². The lowest BCUT2D eigenvalue weighted by atomic mass is 10.2. The van der Waals surface area contributed by atoms with Crippen molar-refractivity contribution in [3.63, 3.8) is 0 Å². The van der Waals surface area contributed by atoms with Gasteiger partial charge in [0, 0.05) is 6.54 Å². The summed E-state index contributed by atoms with van der Waals surface area (Å²) in [6.07, 6.45) is 1.46. The zero-order valence-electron chi connectivity index (χ0n) is 14.1. The van der Waals surface area contributed by atoms with Crippen molar-refractivity contribution in [1.29, 1.82) is 0 Å². The topological polar surface area (TPSA) is 104 Å². The van der Waals surface area contributed by atoms with E-state index in [1.807, 2.05) is 48.5 Å². The Labute approximate surface area is 149 Å². The van der Waals surface area contributed by atoms with Crippen LogP contribution in [-0.2, 0) is 6.54 Å². The monoisotopic (exact) mass is 347 g/mol. The molecule has 0 saturated heterocycles. The van der Waals surface area contributed by atoms with E-state index in [1.54, 1.807) is 11.8 Å². The number of anilines is 2. The SMILES string of the molecule is COc1ccc(CNc2ncnc(-n3nnc4ccccc43)c2N)cc1. The molecule has 8 heteroatoms. The molecule has 26 heavy (non-hydrogen) atoms. The van der Waals surface area contributed by atoms with Crippen molar-refractivity contribution < 1.29 is 4.74 Å². The van der Waals surface area contributed by atoms with Gasteiger partial charge in [-0.1, -0.05) is 29.5 Å². The molecular weight excluding hydrogens is 330 g/mol. The quantitative estimate of drug-likeness (QED) is 0.571. The maximum atomic E-state index is 6.28. The molecule has 0 bridgehead atoms. The number of benzene rings is 2. The lowest BCUT2D eigenvalue weighted by molar-refractivity contribution is 0.414. The fourth-order valence-electron chi connectivity index (χ4n) is 2.65. The number of aromatic nitrogens is 5. The second-order valence-electron chi connectivity index (χ2n) is 5.65. The van der Waals surface area contributed by atoms with E-state index in [9.17, 15) is 0 Å². The van der Waals surface area contributed by atoms with Crippen LogP contribution in [0.4, 0.5) is 11.5 Å². The Kier molecular flexibility index (Phi) is 4.06. The maximum Gasteiger partial charge on any atom is 0.184 e. The third-order valence-corrected chi connectivity index (χ3v) is 4.03. The van der Waals surface area contributed by atoms with Crippen molar-refractivity contribution in [3.8, 4) is 11.6 Å². The zero-order valence-corrected chi connectivity index (χ0v) is 14.1. The molecule has 2 heterocycles. The summed E-state index contributed by atoms with van der Waals surface area (Å²) in [5.41, 5.74) is 9.38. The van der Waals surface area contributed by atoms with Crippen molar-refractivity contribution >= 4 is 22.5 Å². The van der Waals surface area contributed by atoms with Crippen LogP contribution in [0, 0.1) is 0 Å². The number of nitrogens with zero attached hydrogens (tertiary/aromatic N) is 5. The molecule has 130 valence electrons. The van der Waals surface area contributed by atoms with Crippen molar-refractivity contribution in [2.75, 3.05) is 18.2 Å². The van der Waals surface area contributed by atoms with E-state index in [0.29, 0.717) is 23.9 Å². The summed E-state index contributed by atoms with van der Waals surface area (Å²) in [5, 5.41) is 11.5. The molecule has 2 aromatic heterocycles. The fraction of sp³-hybridized carbons (Fsp3) is 0.111. The first-order valence-electron chi connectivity index (χ1n) is 8.04. The fourth-order valence-corrected chi connectivity index (χ4v) is 2.65. The van der Waals surface area contributed by atoms with E-state index in [1.165, 1.54) is 6.33 Å². The second kappa shape index (κ2) is 6.67. The number of ether oxygens (including phenoxy) is 1. The number of fused-ring (bicyclic) bond motifs is 1. The molecule has 0 aliphatic rings. The van der Waals surface area contributed by atoms with Crippen LogP contribution in [0.25, 0.3) is 16.9 Å². The average Bonchev–Trinajstić information content (AvgIpc) is 3.11. The number of rotatable bonds is 5. The molecule has 0 saturated carbocycles. The van der Waals surface area contributed by atoms with Crippen molar-refractivity contribution in [2.45, 2.75) is 6.54 Å². The van der Waals surface area contributed by atoms with E-state index in [0.717, 1.165) is 22.3 Å². The molecular formula is C18H17N7O. The predicted molar refractivity (Wildman–Crippen MR) is 99.2 cm³/mol. The highest BCUT2D eigenvalue weighted by Crippen LogP contribution is 2.24. The van der Waals surface area contributed by atoms with Crippen LogP contribution in [-0.4, -0.2) is 32.1 Å². The van der Waals surface area contributed by atoms with Crippen LogP contribution >= 0.6 is 0 Å². The minimum absolute atomic E-state index is 0.414. The highest BCUT2D eigenvalue weighted by Gasteiger charge is 2.13. The van der Waals surface area contributed by atoms with Crippen molar-refractivity contribution in [3.05, 3.63) is 60.4 Å². The van der Waals surface area contributed by atoms with Crippen LogP contribution in [0.2, 0.25) is 0 Å². The van der Waals surface area contributed by atoms with Gasteiger partial charge in [0.05, 0.1) is 12.6 Å². The number of hydrogen-bond acceptors (Lipinski definition) is 7.